The van der Waals surface area contributed by atoms with E-state index in [0.717, 1.165) is 5.71 Å². The van der Waals surface area contributed by atoms with Gasteiger partial charge in [0, 0.05) is 19.4 Å². The summed E-state index contributed by atoms with van der Waals surface area (Å²) >= 11 is 0. The van der Waals surface area contributed by atoms with Crippen molar-refractivity contribution in [2.45, 2.75) is 30.3 Å². The highest BCUT2D eigenvalue weighted by atomic mass is 32.3. The van der Waals surface area contributed by atoms with E-state index in [0.29, 0.717) is 30.8 Å². The predicted octanol–water partition coefficient (Wildman–Crippen LogP) is 1.83. The summed E-state index contributed by atoms with van der Waals surface area (Å²) in [6, 6.07) is 8.52. The minimum absolute atomic E-state index is 0.336. The molecule has 6 heteroatoms. The van der Waals surface area contributed by atoms with Crippen molar-refractivity contribution in [2.75, 3.05) is 13.1 Å². The lowest BCUT2D eigenvalue weighted by molar-refractivity contribution is -0.00604. The number of hydrogen-bond donors (Lipinski definition) is 0. The summed E-state index contributed by atoms with van der Waals surface area (Å²) in [4.78, 5) is 5.79. The van der Waals surface area contributed by atoms with Crippen molar-refractivity contribution in [1.82, 2.24) is 4.31 Å². The van der Waals surface area contributed by atoms with Gasteiger partial charge in [0.2, 0.25) is 0 Å². The fraction of sp³-hybridized carbons (Fsp3) is 0.462. The maximum atomic E-state index is 12.5. The quantitative estimate of drug-likeness (QED) is 0.776. The smallest absolute Gasteiger partial charge is 0.175 e. The third-order valence-corrected chi connectivity index (χ3v) is 5.49. The molecule has 2 unspecified atom stereocenters. The lowest BCUT2D eigenvalue weighted by Gasteiger charge is -2.25. The number of nitrogens with zero attached hydrogens (tertiary/aromatic N) is 2. The molecule has 2 aliphatic heterocycles. The summed E-state index contributed by atoms with van der Waals surface area (Å²) in [5, 5.41) is 3.96. The van der Waals surface area contributed by atoms with Crippen LogP contribution in [0.25, 0.3) is 0 Å². The molecule has 19 heavy (non-hydrogen) atoms. The van der Waals surface area contributed by atoms with Crippen LogP contribution in [0.3, 0.4) is 0 Å². The third-order valence-electron chi connectivity index (χ3n) is 3.64. The molecule has 1 aromatic rings. The number of benzene rings is 1. The Labute approximate surface area is 113 Å². The summed E-state index contributed by atoms with van der Waals surface area (Å²) in [6.07, 6.45) is 1.41. The number of hydrogen-bond acceptors (Lipinski definition) is 4. The van der Waals surface area contributed by atoms with Gasteiger partial charge >= 0.3 is 0 Å². The van der Waals surface area contributed by atoms with E-state index in [1.807, 2.05) is 13.0 Å². The van der Waals surface area contributed by atoms with Crippen LogP contribution in [-0.4, -0.2) is 33.3 Å². The molecular weight excluding hydrogens is 264 g/mol. The molecule has 2 heterocycles. The van der Waals surface area contributed by atoms with Crippen molar-refractivity contribution in [1.29, 1.82) is 0 Å². The summed E-state index contributed by atoms with van der Waals surface area (Å²) in [5.74, 6) is 0. The van der Waals surface area contributed by atoms with Gasteiger partial charge in [0.15, 0.2) is 20.9 Å². The maximum Gasteiger partial charge on any atom is 0.175 e. The highest BCUT2D eigenvalue weighted by Crippen LogP contribution is 2.37. The van der Waals surface area contributed by atoms with E-state index in [9.17, 15) is 8.76 Å². The van der Waals surface area contributed by atoms with Crippen molar-refractivity contribution >= 4 is 16.1 Å². The zero-order valence-corrected chi connectivity index (χ0v) is 11.6. The maximum absolute atomic E-state index is 12.5. The normalized spacial score (nSPS) is 30.1. The van der Waals surface area contributed by atoms with Crippen molar-refractivity contribution in [3.63, 3.8) is 0 Å². The SMILES string of the molecule is CC1=NOC2(CCN([S+](=O)([O-])c3ccccc3)C2)C1. The molecule has 0 N–H and O–H groups in total. The lowest BCUT2D eigenvalue weighted by Crippen LogP contribution is -2.39. The molecule has 1 aromatic carbocycles. The Morgan fingerprint density at radius 2 is 2.16 bits per heavy atom. The summed E-state index contributed by atoms with van der Waals surface area (Å²) in [6.45, 7) is 2.77. The molecule has 2 aliphatic rings. The predicted molar refractivity (Wildman–Crippen MR) is 71.3 cm³/mol. The molecule has 0 amide bonds. The molecule has 3 rings (SSSR count). The molecule has 0 bridgehead atoms. The Hall–Kier alpha value is -1.24. The molecular formula is C13H16N2O3S. The zero-order chi connectivity index (χ0) is 13.5. The van der Waals surface area contributed by atoms with E-state index in [2.05, 4.69) is 5.16 Å². The average Bonchev–Trinajstić information content (AvgIpc) is 2.98. The number of oxime groups is 1. The molecule has 1 saturated heterocycles. The fourth-order valence-corrected chi connectivity index (χ4v) is 4.22. The Morgan fingerprint density at radius 3 is 2.79 bits per heavy atom. The van der Waals surface area contributed by atoms with E-state index >= 15 is 0 Å². The van der Waals surface area contributed by atoms with E-state index in [-0.39, 0.29) is 0 Å². The van der Waals surface area contributed by atoms with Gasteiger partial charge < -0.3 is 9.39 Å². The number of rotatable bonds is 2. The van der Waals surface area contributed by atoms with Crippen LogP contribution in [-0.2, 0) is 19.4 Å². The van der Waals surface area contributed by atoms with Crippen LogP contribution in [0, 0.1) is 0 Å². The topological polar surface area (TPSA) is 65.0 Å². The number of sulfonamides is 1. The minimum atomic E-state index is -3.42. The third kappa shape index (κ3) is 2.20. The van der Waals surface area contributed by atoms with E-state index in [1.165, 1.54) is 4.31 Å². The molecule has 102 valence electrons. The van der Waals surface area contributed by atoms with Gasteiger partial charge in [-0.15, -0.1) is 4.31 Å². The first-order valence-corrected chi connectivity index (χ1v) is 7.73. The Morgan fingerprint density at radius 1 is 1.42 bits per heavy atom. The van der Waals surface area contributed by atoms with Gasteiger partial charge in [-0.2, -0.15) is 0 Å². The van der Waals surface area contributed by atoms with Gasteiger partial charge in [-0.3, -0.25) is 0 Å². The Kier molecular flexibility index (Phi) is 2.96. The summed E-state index contributed by atoms with van der Waals surface area (Å²) in [7, 11) is -3.42. The van der Waals surface area contributed by atoms with Crippen molar-refractivity contribution in [2.24, 2.45) is 5.16 Å². The molecule has 0 radical (unpaired) electrons. The molecule has 0 aromatic heterocycles. The van der Waals surface area contributed by atoms with Crippen molar-refractivity contribution in [3.8, 4) is 0 Å². The van der Waals surface area contributed by atoms with Crippen LogP contribution >= 0.6 is 0 Å². The first-order chi connectivity index (χ1) is 9.02. The Balaban J connectivity index is 1.80. The standard InChI is InChI=1S/C13H16N2O3S/c1-11-9-13(18-14-11)7-8-15(10-13)19(16,17)12-5-3-2-4-6-12/h2-6H,7-10H2,1H3. The minimum Gasteiger partial charge on any atom is -0.593 e. The van der Waals surface area contributed by atoms with Crippen molar-refractivity contribution in [3.05, 3.63) is 30.3 Å². The van der Waals surface area contributed by atoms with Gasteiger partial charge in [-0.25, -0.2) is 0 Å². The molecule has 0 saturated carbocycles. The second kappa shape index (κ2) is 4.40. The molecule has 2 atom stereocenters. The first kappa shape index (κ1) is 12.8. The first-order valence-electron chi connectivity index (χ1n) is 6.29. The highest BCUT2D eigenvalue weighted by Gasteiger charge is 2.50. The summed E-state index contributed by atoms with van der Waals surface area (Å²) < 4.78 is 26.5. The monoisotopic (exact) mass is 280 g/mol. The van der Waals surface area contributed by atoms with Gasteiger partial charge in [0.25, 0.3) is 0 Å². The van der Waals surface area contributed by atoms with E-state index < -0.39 is 16.0 Å². The van der Waals surface area contributed by atoms with Gasteiger partial charge in [-0.1, -0.05) is 27.6 Å². The zero-order valence-electron chi connectivity index (χ0n) is 10.7. The average molecular weight is 280 g/mol. The van der Waals surface area contributed by atoms with Gasteiger partial charge in [0.1, 0.15) is 0 Å². The van der Waals surface area contributed by atoms with E-state index in [1.54, 1.807) is 24.3 Å². The molecule has 1 spiro atoms. The van der Waals surface area contributed by atoms with Crippen LogP contribution < -0.4 is 0 Å². The molecule has 0 aliphatic carbocycles. The highest BCUT2D eigenvalue weighted by molar-refractivity contribution is 7.95. The molecule has 1 fully saturated rings. The second-order valence-corrected chi connectivity index (χ2v) is 7.12. The van der Waals surface area contributed by atoms with Gasteiger partial charge in [-0.05, 0) is 19.1 Å². The lowest BCUT2D eigenvalue weighted by atomic mass is 9.97. The van der Waals surface area contributed by atoms with E-state index in [4.69, 9.17) is 4.84 Å². The van der Waals surface area contributed by atoms with Gasteiger partial charge in [0.05, 0.1) is 12.3 Å². The summed E-state index contributed by atoms with van der Waals surface area (Å²) in [5.41, 5.74) is 0.491. The largest absolute Gasteiger partial charge is 0.593 e. The van der Waals surface area contributed by atoms with Crippen LogP contribution in [0.2, 0.25) is 0 Å². The molecule has 5 nitrogen and oxygen atoms in total. The van der Waals surface area contributed by atoms with Crippen LogP contribution in [0.5, 0.6) is 0 Å². The second-order valence-electron chi connectivity index (χ2n) is 5.18. The van der Waals surface area contributed by atoms with Crippen LogP contribution in [0.15, 0.2) is 40.4 Å². The van der Waals surface area contributed by atoms with Crippen molar-refractivity contribution < 1.29 is 13.6 Å². The Bertz CT molecular complexity index is 560. The van der Waals surface area contributed by atoms with Crippen LogP contribution in [0.1, 0.15) is 19.8 Å². The van der Waals surface area contributed by atoms with Crippen LogP contribution in [0.4, 0.5) is 0 Å². The fourth-order valence-electron chi connectivity index (χ4n) is 2.68.